The van der Waals surface area contributed by atoms with Crippen molar-refractivity contribution in [3.05, 3.63) is 12.2 Å². The highest BCUT2D eigenvalue weighted by molar-refractivity contribution is 6.08. The molecule has 0 radical (unpaired) electrons. The second-order valence-electron chi connectivity index (χ2n) is 12.6. The predicted octanol–water partition coefficient (Wildman–Crippen LogP) is 0.774. The molecule has 2 bridgehead atoms. The molecule has 0 aromatic carbocycles. The number of nitrogens with one attached hydrogen (secondary N) is 2. The number of likely N-dealkylation sites (tertiary alicyclic amines) is 2. The zero-order valence-corrected chi connectivity index (χ0v) is 22.5. The number of fused-ring (bicyclic) bond motifs is 5. The van der Waals surface area contributed by atoms with E-state index >= 15 is 0 Å². The van der Waals surface area contributed by atoms with Crippen LogP contribution in [-0.2, 0) is 19.2 Å². The molecule has 8 atom stereocenters. The topological polar surface area (TPSA) is 143 Å². The average Bonchev–Trinajstić information content (AvgIpc) is 3.66. The van der Waals surface area contributed by atoms with Gasteiger partial charge >= 0.3 is 18.1 Å². The van der Waals surface area contributed by atoms with Gasteiger partial charge in [0, 0.05) is 20.0 Å². The van der Waals surface area contributed by atoms with Crippen LogP contribution in [0.25, 0.3) is 0 Å². The van der Waals surface area contributed by atoms with Gasteiger partial charge in [-0.05, 0) is 35.5 Å². The molecule has 2 N–H and O–H groups in total. The molecule has 40 heavy (non-hydrogen) atoms. The van der Waals surface area contributed by atoms with E-state index in [0.717, 1.165) is 6.42 Å². The number of urea groups is 1. The number of carbonyl (C=O) groups excluding carboxylic acids is 5. The number of nitriles is 1. The fraction of sp³-hybridized carbons (Fsp3) is 0.692. The summed E-state index contributed by atoms with van der Waals surface area (Å²) in [6.07, 6.45) is -0.536. The molecular formula is C26H31F3N6O5. The largest absolute Gasteiger partial charge is 0.471 e. The SMILES string of the molecule is CN1C(=O)NC(=O)[C@]12C[C@@H](C#N)N(C(=O)[C@@H]1[C@@H]3[C@H](CN1C(=O)[C@@H](NC(=O)C(F)(F)F)C(C)(C)C)[C@@H]1C=C[C@H]3C1)C2. The molecule has 14 heteroatoms. The molecule has 1 saturated carbocycles. The molecule has 5 aliphatic rings. The summed E-state index contributed by atoms with van der Waals surface area (Å²) in [5.74, 6) is -4.71. The number of halogens is 3. The number of rotatable bonds is 3. The van der Waals surface area contributed by atoms with Crippen LogP contribution < -0.4 is 10.6 Å². The Hall–Kier alpha value is -3.63. The maximum Gasteiger partial charge on any atom is 0.471 e. The molecule has 3 heterocycles. The maximum atomic E-state index is 14.3. The number of carbonyl (C=O) groups is 5. The number of hydrogen-bond acceptors (Lipinski definition) is 6. The molecule has 3 saturated heterocycles. The van der Waals surface area contributed by atoms with E-state index in [-0.39, 0.29) is 43.2 Å². The lowest BCUT2D eigenvalue weighted by molar-refractivity contribution is -0.176. The van der Waals surface area contributed by atoms with E-state index in [9.17, 15) is 42.4 Å². The van der Waals surface area contributed by atoms with Crippen molar-refractivity contribution in [2.45, 2.75) is 63.5 Å². The van der Waals surface area contributed by atoms with Crippen molar-refractivity contribution >= 4 is 29.7 Å². The van der Waals surface area contributed by atoms with Gasteiger partial charge in [0.15, 0.2) is 0 Å². The molecule has 11 nitrogen and oxygen atoms in total. The van der Waals surface area contributed by atoms with E-state index in [0.29, 0.717) is 0 Å². The number of likely N-dealkylation sites (N-methyl/N-ethyl adjacent to an activating group) is 1. The van der Waals surface area contributed by atoms with E-state index in [2.05, 4.69) is 5.32 Å². The minimum Gasteiger partial charge on any atom is -0.336 e. The summed E-state index contributed by atoms with van der Waals surface area (Å²) in [5.41, 5.74) is -2.57. The van der Waals surface area contributed by atoms with E-state index in [1.807, 2.05) is 23.5 Å². The normalized spacial score (nSPS) is 35.3. The monoisotopic (exact) mass is 564 g/mol. The fourth-order valence-electron chi connectivity index (χ4n) is 7.24. The smallest absolute Gasteiger partial charge is 0.336 e. The summed E-state index contributed by atoms with van der Waals surface area (Å²) in [5, 5.41) is 14.0. The maximum absolute atomic E-state index is 14.3. The number of amides is 6. The molecule has 0 aromatic rings. The van der Waals surface area contributed by atoms with Gasteiger partial charge in [-0.3, -0.25) is 24.5 Å². The van der Waals surface area contributed by atoms with Crippen molar-refractivity contribution in [3.63, 3.8) is 0 Å². The number of allylic oxidation sites excluding steroid dienone is 2. The van der Waals surface area contributed by atoms with Crippen LogP contribution in [0.1, 0.15) is 33.6 Å². The van der Waals surface area contributed by atoms with Crippen molar-refractivity contribution in [1.82, 2.24) is 25.3 Å². The molecule has 0 aromatic heterocycles. The van der Waals surface area contributed by atoms with Crippen LogP contribution in [0.4, 0.5) is 18.0 Å². The van der Waals surface area contributed by atoms with Gasteiger partial charge in [0.05, 0.1) is 12.6 Å². The molecule has 1 spiro atoms. The van der Waals surface area contributed by atoms with E-state index in [1.165, 1.54) is 42.5 Å². The lowest BCUT2D eigenvalue weighted by Gasteiger charge is -2.38. The van der Waals surface area contributed by atoms with Crippen LogP contribution in [0.5, 0.6) is 0 Å². The van der Waals surface area contributed by atoms with Crippen molar-refractivity contribution in [2.75, 3.05) is 20.1 Å². The average molecular weight is 565 g/mol. The Labute approximate surface area is 228 Å². The Bertz CT molecular complexity index is 1250. The van der Waals surface area contributed by atoms with E-state index in [4.69, 9.17) is 0 Å². The van der Waals surface area contributed by atoms with Crippen molar-refractivity contribution in [1.29, 1.82) is 5.26 Å². The molecule has 6 amide bonds. The van der Waals surface area contributed by atoms with Crippen molar-refractivity contribution in [2.24, 2.45) is 29.1 Å². The second kappa shape index (κ2) is 8.94. The summed E-state index contributed by atoms with van der Waals surface area (Å²) in [6.45, 7) is 4.41. The highest BCUT2D eigenvalue weighted by Crippen LogP contribution is 2.55. The zero-order valence-electron chi connectivity index (χ0n) is 22.5. The molecule has 216 valence electrons. The second-order valence-corrected chi connectivity index (χ2v) is 12.6. The first-order chi connectivity index (χ1) is 18.5. The third kappa shape index (κ3) is 4.04. The first kappa shape index (κ1) is 27.9. The Balaban J connectivity index is 1.50. The van der Waals surface area contributed by atoms with Crippen LogP contribution >= 0.6 is 0 Å². The lowest BCUT2D eigenvalue weighted by Crippen LogP contribution is -2.61. The molecule has 2 aliphatic carbocycles. The molecule has 5 rings (SSSR count). The summed E-state index contributed by atoms with van der Waals surface area (Å²) < 4.78 is 39.5. The van der Waals surface area contributed by atoms with Crippen molar-refractivity contribution in [3.8, 4) is 6.07 Å². The van der Waals surface area contributed by atoms with Gasteiger partial charge in [0.1, 0.15) is 23.7 Å². The van der Waals surface area contributed by atoms with Gasteiger partial charge < -0.3 is 20.0 Å². The summed E-state index contributed by atoms with van der Waals surface area (Å²) >= 11 is 0. The summed E-state index contributed by atoms with van der Waals surface area (Å²) in [4.78, 5) is 68.8. The Kier molecular flexibility index (Phi) is 6.24. The summed E-state index contributed by atoms with van der Waals surface area (Å²) in [6, 6.07) is -2.37. The molecule has 4 fully saturated rings. The third-order valence-electron chi connectivity index (χ3n) is 9.34. The first-order valence-electron chi connectivity index (χ1n) is 13.2. The van der Waals surface area contributed by atoms with Gasteiger partial charge in [0.25, 0.3) is 5.91 Å². The van der Waals surface area contributed by atoms with Crippen LogP contribution in [0.3, 0.4) is 0 Å². The lowest BCUT2D eigenvalue weighted by atomic mass is 9.81. The summed E-state index contributed by atoms with van der Waals surface area (Å²) in [7, 11) is 1.40. The Morgan fingerprint density at radius 1 is 1.15 bits per heavy atom. The van der Waals surface area contributed by atoms with Gasteiger partial charge in [0.2, 0.25) is 11.8 Å². The number of alkyl halides is 3. The first-order valence-corrected chi connectivity index (χ1v) is 13.2. The standard InChI is InChI=1S/C26H31F3N6O5/c1-24(2,3)18(31-22(39)26(27,28)29)20(37)34-10-15-12-5-6-13(7-12)16(15)17(34)19(36)35-11-25(8-14(35)9-30)21(38)32-23(40)33(25)4/h5-6,12-18H,7-8,10-11H2,1-4H3,(H,31,39)(H,32,38,40)/t12-,13+,14+,15-,16+,17+,18-,25-/m1/s1. The van der Waals surface area contributed by atoms with Gasteiger partial charge in [-0.2, -0.15) is 18.4 Å². The number of hydrogen-bond donors (Lipinski definition) is 2. The van der Waals surface area contributed by atoms with Gasteiger partial charge in [-0.15, -0.1) is 0 Å². The predicted molar refractivity (Wildman–Crippen MR) is 130 cm³/mol. The van der Waals surface area contributed by atoms with Gasteiger partial charge in [-0.25, -0.2) is 4.79 Å². The Morgan fingerprint density at radius 2 is 1.80 bits per heavy atom. The fourth-order valence-corrected chi connectivity index (χ4v) is 7.24. The highest BCUT2D eigenvalue weighted by atomic mass is 19.4. The molecule has 3 aliphatic heterocycles. The number of nitrogens with zero attached hydrogens (tertiary/aromatic N) is 4. The minimum absolute atomic E-state index is 0.0456. The van der Waals surface area contributed by atoms with Crippen LogP contribution in [0, 0.1) is 40.4 Å². The van der Waals surface area contributed by atoms with Crippen LogP contribution in [0.15, 0.2) is 12.2 Å². The number of imide groups is 1. The van der Waals surface area contributed by atoms with Crippen LogP contribution in [-0.4, -0.2) is 94.3 Å². The zero-order chi connectivity index (χ0) is 29.5. The quantitative estimate of drug-likeness (QED) is 0.383. The van der Waals surface area contributed by atoms with Gasteiger partial charge in [-0.1, -0.05) is 32.9 Å². The third-order valence-corrected chi connectivity index (χ3v) is 9.34. The van der Waals surface area contributed by atoms with Crippen LogP contribution in [0.2, 0.25) is 0 Å². The minimum atomic E-state index is -5.21. The van der Waals surface area contributed by atoms with E-state index in [1.54, 1.807) is 0 Å². The Morgan fingerprint density at radius 3 is 2.35 bits per heavy atom. The highest BCUT2D eigenvalue weighted by Gasteiger charge is 2.64. The molecule has 0 unspecified atom stereocenters. The molecular weight excluding hydrogens is 533 g/mol. The van der Waals surface area contributed by atoms with E-state index < -0.39 is 64.9 Å². The van der Waals surface area contributed by atoms with Crippen molar-refractivity contribution < 1.29 is 37.1 Å².